The number of ether oxygens (including phenoxy) is 3. The molecule has 25 heavy (non-hydrogen) atoms. The molecular weight excluding hydrogens is 355 g/mol. The van der Waals surface area contributed by atoms with Crippen LogP contribution in [-0.2, 0) is 18.8 Å². The van der Waals surface area contributed by atoms with E-state index in [1.165, 1.54) is 7.11 Å². The van der Waals surface area contributed by atoms with Crippen LogP contribution in [0.15, 0.2) is 33.7 Å². The fraction of sp³-hybridized carbons (Fsp3) is 0.571. The number of nitrogens with one attached hydrogen (secondary N) is 1. The van der Waals surface area contributed by atoms with Gasteiger partial charge in [0.25, 0.3) is 5.56 Å². The van der Waals surface area contributed by atoms with Crippen molar-refractivity contribution in [3.63, 3.8) is 0 Å². The average molecular weight is 380 g/mol. The first kappa shape index (κ1) is 18.2. The van der Waals surface area contributed by atoms with Crippen LogP contribution < -0.4 is 11.2 Å². The standard InChI is InChI=1S/C14H23N2O8P/c1-10(2)23-8-11(5-7-25(19,20)21)24-13(9-22-3)16-6-4-12(17)15-14(16)18/h4-7,10-11,13H,8-9H2,1-3H3,(H,15,17,18)(H2,19,20,21)/b7-5+/t11-,13-/m1/s1/i5D,7D. The topological polar surface area (TPSA) is 140 Å². The Bertz CT molecular complexity index is 816. The fourth-order valence-electron chi connectivity index (χ4n) is 1.72. The summed E-state index contributed by atoms with van der Waals surface area (Å²) >= 11 is 0. The Balaban J connectivity index is 3.28. The SMILES string of the molecule is [2H]/C(=C(/[2H])P(=O)(O)O)[C@H](COC(C)C)O[C@H](COC)n1ccc(=O)[nH]c1=O. The van der Waals surface area contributed by atoms with Crippen molar-refractivity contribution < 1.29 is 31.3 Å². The van der Waals surface area contributed by atoms with Crippen LogP contribution in [0.1, 0.15) is 22.8 Å². The second kappa shape index (κ2) is 9.81. The molecule has 0 aliphatic rings. The van der Waals surface area contributed by atoms with Gasteiger partial charge in [0.2, 0.25) is 0 Å². The van der Waals surface area contributed by atoms with E-state index in [1.807, 2.05) is 4.98 Å². The van der Waals surface area contributed by atoms with Gasteiger partial charge in [0, 0.05) is 25.2 Å². The summed E-state index contributed by atoms with van der Waals surface area (Å²) in [7, 11) is -3.66. The van der Waals surface area contributed by atoms with E-state index in [4.69, 9.17) is 26.7 Å². The predicted molar refractivity (Wildman–Crippen MR) is 89.4 cm³/mol. The highest BCUT2D eigenvalue weighted by molar-refractivity contribution is 7.55. The van der Waals surface area contributed by atoms with E-state index >= 15 is 0 Å². The van der Waals surface area contributed by atoms with E-state index in [2.05, 4.69) is 0 Å². The average Bonchev–Trinajstić information content (AvgIpc) is 2.55. The maximum atomic E-state index is 12.0. The van der Waals surface area contributed by atoms with Crippen LogP contribution >= 0.6 is 7.60 Å². The molecule has 0 aromatic carbocycles. The maximum Gasteiger partial charge on any atom is 0.348 e. The van der Waals surface area contributed by atoms with Gasteiger partial charge in [-0.15, -0.1) is 0 Å². The monoisotopic (exact) mass is 380 g/mol. The summed E-state index contributed by atoms with van der Waals surface area (Å²) in [5, 5.41) is 0. The number of aromatic amines is 1. The number of nitrogens with zero attached hydrogens (tertiary/aromatic N) is 1. The smallest absolute Gasteiger partial charge is 0.348 e. The third-order valence-electron chi connectivity index (χ3n) is 2.74. The molecule has 10 nitrogen and oxygen atoms in total. The molecule has 1 rings (SSSR count). The molecule has 0 aliphatic carbocycles. The summed E-state index contributed by atoms with van der Waals surface area (Å²) in [6.45, 7) is 2.93. The van der Waals surface area contributed by atoms with Crippen LogP contribution in [0.2, 0.25) is 0 Å². The van der Waals surface area contributed by atoms with Gasteiger partial charge in [-0.3, -0.25) is 18.9 Å². The van der Waals surface area contributed by atoms with Crippen molar-refractivity contribution in [3.8, 4) is 0 Å². The van der Waals surface area contributed by atoms with Crippen LogP contribution in [0.25, 0.3) is 0 Å². The van der Waals surface area contributed by atoms with Gasteiger partial charge >= 0.3 is 13.3 Å². The first-order valence-electron chi connectivity index (χ1n) is 8.28. The van der Waals surface area contributed by atoms with Crippen molar-refractivity contribution in [1.29, 1.82) is 0 Å². The van der Waals surface area contributed by atoms with Gasteiger partial charge in [-0.2, -0.15) is 0 Å². The van der Waals surface area contributed by atoms with Crippen LogP contribution in [0.5, 0.6) is 0 Å². The van der Waals surface area contributed by atoms with E-state index in [-0.39, 0.29) is 19.3 Å². The molecule has 0 saturated carbocycles. The summed E-state index contributed by atoms with van der Waals surface area (Å²) in [4.78, 5) is 43.5. The molecule has 11 heteroatoms. The second-order valence-electron chi connectivity index (χ2n) is 5.23. The van der Waals surface area contributed by atoms with Gasteiger partial charge in [0.05, 0.1) is 22.1 Å². The van der Waals surface area contributed by atoms with Gasteiger partial charge in [0.1, 0.15) is 6.10 Å². The Hall–Kier alpha value is -1.55. The summed E-state index contributed by atoms with van der Waals surface area (Å²) in [5.74, 6) is -1.22. The molecule has 0 amide bonds. The Morgan fingerprint density at radius 2 is 2.08 bits per heavy atom. The zero-order valence-corrected chi connectivity index (χ0v) is 14.9. The minimum atomic E-state index is -4.99. The van der Waals surface area contributed by atoms with E-state index in [1.54, 1.807) is 13.8 Å². The molecule has 0 unspecified atom stereocenters. The molecule has 0 spiro atoms. The first-order chi connectivity index (χ1) is 12.5. The third kappa shape index (κ3) is 8.39. The van der Waals surface area contributed by atoms with Crippen molar-refractivity contribution in [2.75, 3.05) is 20.3 Å². The lowest BCUT2D eigenvalue weighted by molar-refractivity contribution is -0.102. The molecule has 0 saturated heterocycles. The van der Waals surface area contributed by atoms with Crippen molar-refractivity contribution in [3.05, 3.63) is 44.9 Å². The summed E-state index contributed by atoms with van der Waals surface area (Å²) in [6, 6.07) is 0.290. The van der Waals surface area contributed by atoms with Gasteiger partial charge in [-0.05, 0) is 19.9 Å². The van der Waals surface area contributed by atoms with Gasteiger partial charge in [-0.25, -0.2) is 4.79 Å². The highest BCUT2D eigenvalue weighted by Gasteiger charge is 2.20. The summed E-state index contributed by atoms with van der Waals surface area (Å²) in [6.07, 6.45) is -1.65. The number of methoxy groups -OCH3 is 1. The third-order valence-corrected chi connectivity index (χ3v) is 3.16. The molecule has 2 atom stereocenters. The summed E-state index contributed by atoms with van der Waals surface area (Å²) < 4.78 is 43.7. The van der Waals surface area contributed by atoms with Crippen molar-refractivity contribution in [2.45, 2.75) is 32.3 Å². The fourth-order valence-corrected chi connectivity index (χ4v) is 2.03. The lowest BCUT2D eigenvalue weighted by atomic mass is 10.3. The molecule has 3 N–H and O–H groups in total. The van der Waals surface area contributed by atoms with Crippen molar-refractivity contribution >= 4 is 7.60 Å². The van der Waals surface area contributed by atoms with Crippen molar-refractivity contribution in [1.82, 2.24) is 9.55 Å². The number of H-pyrrole nitrogens is 1. The van der Waals surface area contributed by atoms with Crippen LogP contribution in [-0.4, -0.2) is 51.9 Å². The predicted octanol–water partition coefficient (Wildman–Crippen LogP) is 0.183. The van der Waals surface area contributed by atoms with E-state index in [0.717, 1.165) is 16.8 Å². The Morgan fingerprint density at radius 3 is 2.60 bits per heavy atom. The minimum Gasteiger partial charge on any atom is -0.380 e. The normalized spacial score (nSPS) is 16.9. The van der Waals surface area contributed by atoms with E-state index in [0.29, 0.717) is 0 Å². The van der Waals surface area contributed by atoms with Gasteiger partial charge in [0.15, 0.2) is 6.23 Å². The van der Waals surface area contributed by atoms with E-state index in [9.17, 15) is 14.2 Å². The summed E-state index contributed by atoms with van der Waals surface area (Å²) in [5.41, 5.74) is -1.42. The quantitative estimate of drug-likeness (QED) is 0.489. The number of hydrogen-bond acceptors (Lipinski definition) is 6. The molecule has 142 valence electrons. The maximum absolute atomic E-state index is 12.0. The number of aromatic nitrogens is 2. The van der Waals surface area contributed by atoms with E-state index < -0.39 is 43.0 Å². The first-order valence-corrected chi connectivity index (χ1v) is 8.89. The molecule has 1 aromatic rings. The zero-order valence-electron chi connectivity index (χ0n) is 16.0. The molecule has 0 aliphatic heterocycles. The van der Waals surface area contributed by atoms with Gasteiger partial charge in [-0.1, -0.05) is 0 Å². The second-order valence-corrected chi connectivity index (χ2v) is 6.55. The molecule has 1 heterocycles. The van der Waals surface area contributed by atoms with Crippen LogP contribution in [0, 0.1) is 0 Å². The molecule has 0 bridgehead atoms. The Kier molecular flexibility index (Phi) is 7.16. The largest absolute Gasteiger partial charge is 0.380 e. The van der Waals surface area contributed by atoms with Crippen LogP contribution in [0.3, 0.4) is 0 Å². The number of hydrogen-bond donors (Lipinski definition) is 3. The van der Waals surface area contributed by atoms with Crippen LogP contribution in [0.4, 0.5) is 0 Å². The molecule has 0 fully saturated rings. The minimum absolute atomic E-state index is 0.180. The highest BCUT2D eigenvalue weighted by Crippen LogP contribution is 2.36. The lowest BCUT2D eigenvalue weighted by Gasteiger charge is -2.24. The molecular formula is C14H23N2O8P. The van der Waals surface area contributed by atoms with Gasteiger partial charge < -0.3 is 24.0 Å². The number of rotatable bonds is 10. The molecule has 0 radical (unpaired) electrons. The van der Waals surface area contributed by atoms with Crippen molar-refractivity contribution in [2.24, 2.45) is 0 Å². The Morgan fingerprint density at radius 1 is 1.40 bits per heavy atom. The zero-order chi connectivity index (χ0) is 20.8. The lowest BCUT2D eigenvalue weighted by Crippen LogP contribution is -2.36. The highest BCUT2D eigenvalue weighted by atomic mass is 31.2. The Labute approximate surface area is 147 Å². The molecule has 1 aromatic heterocycles.